The smallest absolute Gasteiger partial charge is 0.311 e. The van der Waals surface area contributed by atoms with Gasteiger partial charge in [0.2, 0.25) is 0 Å². The van der Waals surface area contributed by atoms with Gasteiger partial charge in [-0.05, 0) is 43.2 Å². The molecule has 0 spiro atoms. The third kappa shape index (κ3) is 7.58. The Morgan fingerprint density at radius 1 is 1.04 bits per heavy atom. The predicted octanol–water partition coefficient (Wildman–Crippen LogP) is 6.11. The first-order valence-electron chi connectivity index (χ1n) is 10.4. The van der Waals surface area contributed by atoms with Gasteiger partial charge in [0.25, 0.3) is 0 Å². The Hall–Kier alpha value is -1.38. The highest BCUT2D eigenvalue weighted by atomic mass is 16.5. The van der Waals surface area contributed by atoms with Crippen molar-refractivity contribution in [1.82, 2.24) is 4.98 Å². The summed E-state index contributed by atoms with van der Waals surface area (Å²) in [7, 11) is 0. The van der Waals surface area contributed by atoms with Crippen molar-refractivity contribution in [3.05, 3.63) is 24.0 Å². The monoisotopic (exact) mass is 345 g/mol. The van der Waals surface area contributed by atoms with Gasteiger partial charge in [0, 0.05) is 12.1 Å². The van der Waals surface area contributed by atoms with E-state index in [-0.39, 0.29) is 5.97 Å². The van der Waals surface area contributed by atoms with Gasteiger partial charge in [-0.2, -0.15) is 0 Å². The van der Waals surface area contributed by atoms with E-state index in [2.05, 4.69) is 11.9 Å². The van der Waals surface area contributed by atoms with E-state index < -0.39 is 0 Å². The van der Waals surface area contributed by atoms with Gasteiger partial charge in [-0.1, -0.05) is 65.2 Å². The number of esters is 1. The summed E-state index contributed by atoms with van der Waals surface area (Å²) in [6, 6.07) is 3.88. The van der Waals surface area contributed by atoms with Gasteiger partial charge in [0.1, 0.15) is 5.75 Å². The van der Waals surface area contributed by atoms with Crippen LogP contribution < -0.4 is 4.74 Å². The predicted molar refractivity (Wildman–Crippen MR) is 103 cm³/mol. The van der Waals surface area contributed by atoms with E-state index in [0.717, 1.165) is 30.4 Å². The third-order valence-electron chi connectivity index (χ3n) is 5.47. The molecular formula is C22H35NO2. The second kappa shape index (κ2) is 11.3. The molecule has 1 aliphatic carbocycles. The highest BCUT2D eigenvalue weighted by molar-refractivity contribution is 5.72. The molecule has 0 N–H and O–H groups in total. The van der Waals surface area contributed by atoms with Crippen molar-refractivity contribution in [3.63, 3.8) is 0 Å². The molecule has 2 rings (SSSR count). The van der Waals surface area contributed by atoms with Crippen molar-refractivity contribution >= 4 is 5.97 Å². The van der Waals surface area contributed by atoms with Crippen LogP contribution in [0.15, 0.2) is 18.3 Å². The number of nitrogens with zero attached hydrogens (tertiary/aromatic N) is 1. The first-order chi connectivity index (χ1) is 12.2. The number of aryl methyl sites for hydroxylation is 1. The van der Waals surface area contributed by atoms with E-state index in [1.165, 1.54) is 57.8 Å². The first kappa shape index (κ1) is 19.9. The third-order valence-corrected chi connectivity index (χ3v) is 5.47. The van der Waals surface area contributed by atoms with Gasteiger partial charge in [0.05, 0.1) is 6.20 Å². The normalized spacial score (nSPS) is 20.4. The molecule has 1 aromatic heterocycles. The summed E-state index contributed by atoms with van der Waals surface area (Å²) in [5.74, 6) is 2.24. The van der Waals surface area contributed by atoms with Crippen LogP contribution in [0.4, 0.5) is 0 Å². The summed E-state index contributed by atoms with van der Waals surface area (Å²) >= 11 is 0. The summed E-state index contributed by atoms with van der Waals surface area (Å²) < 4.78 is 5.25. The number of hydrogen-bond donors (Lipinski definition) is 0. The van der Waals surface area contributed by atoms with Gasteiger partial charge in [-0.15, -0.1) is 0 Å². The highest BCUT2D eigenvalue weighted by Crippen LogP contribution is 2.34. The Labute approximate surface area is 153 Å². The molecule has 0 atom stereocenters. The molecule has 0 aromatic carbocycles. The number of carbonyl (C=O) groups excluding carboxylic acids is 1. The second-order valence-corrected chi connectivity index (χ2v) is 7.63. The number of unbranched alkanes of at least 4 members (excludes halogenated alkanes) is 2. The quantitative estimate of drug-likeness (QED) is 0.379. The number of aromatic nitrogens is 1. The standard InChI is InChI=1S/C22H35NO2/c1-3-5-6-8-18-9-11-19(12-10-18)13-14-20-15-16-21(17-23-20)25-22(24)7-4-2/h15-19H,3-14H2,1-2H3. The summed E-state index contributed by atoms with van der Waals surface area (Å²) in [6.45, 7) is 4.26. The highest BCUT2D eigenvalue weighted by Gasteiger charge is 2.20. The maximum Gasteiger partial charge on any atom is 0.311 e. The Morgan fingerprint density at radius 2 is 1.76 bits per heavy atom. The molecule has 140 valence electrons. The molecule has 0 amide bonds. The van der Waals surface area contributed by atoms with Gasteiger partial charge >= 0.3 is 5.97 Å². The fraction of sp³-hybridized carbons (Fsp3) is 0.727. The van der Waals surface area contributed by atoms with E-state index in [0.29, 0.717) is 12.2 Å². The molecular weight excluding hydrogens is 310 g/mol. The van der Waals surface area contributed by atoms with Gasteiger partial charge < -0.3 is 4.74 Å². The zero-order valence-electron chi connectivity index (χ0n) is 16.1. The van der Waals surface area contributed by atoms with Crippen LogP contribution in [0.25, 0.3) is 0 Å². The minimum absolute atomic E-state index is 0.173. The van der Waals surface area contributed by atoms with E-state index in [1.807, 2.05) is 19.1 Å². The van der Waals surface area contributed by atoms with Crippen LogP contribution in [0.2, 0.25) is 0 Å². The van der Waals surface area contributed by atoms with Crippen molar-refractivity contribution in [1.29, 1.82) is 0 Å². The van der Waals surface area contributed by atoms with Crippen LogP contribution in [0.5, 0.6) is 5.75 Å². The molecule has 1 fully saturated rings. The van der Waals surface area contributed by atoms with Crippen LogP contribution in [-0.4, -0.2) is 11.0 Å². The van der Waals surface area contributed by atoms with Crippen molar-refractivity contribution in [3.8, 4) is 5.75 Å². The van der Waals surface area contributed by atoms with E-state index in [9.17, 15) is 4.79 Å². The molecule has 1 heterocycles. The molecule has 0 radical (unpaired) electrons. The molecule has 25 heavy (non-hydrogen) atoms. The number of hydrogen-bond acceptors (Lipinski definition) is 3. The number of rotatable bonds is 10. The van der Waals surface area contributed by atoms with Gasteiger partial charge in [-0.3, -0.25) is 9.78 Å². The summed E-state index contributed by atoms with van der Waals surface area (Å²) in [5, 5.41) is 0. The van der Waals surface area contributed by atoms with E-state index >= 15 is 0 Å². The summed E-state index contributed by atoms with van der Waals surface area (Å²) in [4.78, 5) is 16.0. The SMILES string of the molecule is CCCCCC1CCC(CCc2ccc(OC(=O)CCC)cn2)CC1. The number of ether oxygens (including phenoxy) is 1. The topological polar surface area (TPSA) is 39.2 Å². The van der Waals surface area contributed by atoms with Crippen LogP contribution >= 0.6 is 0 Å². The minimum atomic E-state index is -0.173. The summed E-state index contributed by atoms with van der Waals surface area (Å²) in [5.41, 5.74) is 1.11. The lowest BCUT2D eigenvalue weighted by molar-refractivity contribution is -0.134. The minimum Gasteiger partial charge on any atom is -0.425 e. The molecule has 0 aliphatic heterocycles. The number of pyridine rings is 1. The zero-order valence-corrected chi connectivity index (χ0v) is 16.1. The maximum absolute atomic E-state index is 11.5. The van der Waals surface area contributed by atoms with Crippen molar-refractivity contribution in [2.75, 3.05) is 0 Å². The second-order valence-electron chi connectivity index (χ2n) is 7.63. The molecule has 1 aromatic rings. The first-order valence-corrected chi connectivity index (χ1v) is 10.4. The Bertz CT molecular complexity index is 489. The van der Waals surface area contributed by atoms with Crippen molar-refractivity contribution in [2.24, 2.45) is 11.8 Å². The molecule has 0 bridgehead atoms. The van der Waals surface area contributed by atoms with E-state index in [4.69, 9.17) is 4.74 Å². The molecule has 0 saturated heterocycles. The Balaban J connectivity index is 1.65. The Kier molecular flexibility index (Phi) is 8.99. The molecule has 0 unspecified atom stereocenters. The van der Waals surface area contributed by atoms with Crippen LogP contribution in [0.3, 0.4) is 0 Å². The maximum atomic E-state index is 11.5. The summed E-state index contributed by atoms with van der Waals surface area (Å²) in [6.07, 6.45) is 16.5. The van der Waals surface area contributed by atoms with Crippen molar-refractivity contribution < 1.29 is 9.53 Å². The lowest BCUT2D eigenvalue weighted by Gasteiger charge is -2.28. The largest absolute Gasteiger partial charge is 0.425 e. The average Bonchev–Trinajstić information content (AvgIpc) is 2.63. The molecule has 1 aliphatic rings. The van der Waals surface area contributed by atoms with Crippen molar-refractivity contribution in [2.45, 2.75) is 90.9 Å². The fourth-order valence-corrected chi connectivity index (χ4v) is 3.85. The molecule has 3 nitrogen and oxygen atoms in total. The Morgan fingerprint density at radius 3 is 2.36 bits per heavy atom. The zero-order chi connectivity index (χ0) is 17.9. The van der Waals surface area contributed by atoms with Crippen LogP contribution in [0.1, 0.15) is 90.2 Å². The van der Waals surface area contributed by atoms with Gasteiger partial charge in [-0.25, -0.2) is 0 Å². The number of carbonyl (C=O) groups is 1. The van der Waals surface area contributed by atoms with Crippen LogP contribution in [-0.2, 0) is 11.2 Å². The average molecular weight is 346 g/mol. The fourth-order valence-electron chi connectivity index (χ4n) is 3.85. The van der Waals surface area contributed by atoms with Crippen LogP contribution in [0, 0.1) is 11.8 Å². The van der Waals surface area contributed by atoms with Gasteiger partial charge in [0.15, 0.2) is 0 Å². The lowest BCUT2D eigenvalue weighted by Crippen LogP contribution is -2.15. The molecule has 3 heteroatoms. The van der Waals surface area contributed by atoms with E-state index in [1.54, 1.807) is 6.20 Å². The lowest BCUT2D eigenvalue weighted by atomic mass is 9.78. The molecule has 1 saturated carbocycles.